The summed E-state index contributed by atoms with van der Waals surface area (Å²) in [4.78, 5) is 21.6. The van der Waals surface area contributed by atoms with Gasteiger partial charge in [0.05, 0.1) is 0 Å². The maximum atomic E-state index is 8.88. The summed E-state index contributed by atoms with van der Waals surface area (Å²) in [6.45, 7) is 4.33. The summed E-state index contributed by atoms with van der Waals surface area (Å²) in [6.07, 6.45) is 0. The molecule has 0 fully saturated rings. The van der Waals surface area contributed by atoms with Crippen LogP contribution in [0, 0.1) is 0 Å². The van der Waals surface area contributed by atoms with Gasteiger partial charge in [0.25, 0.3) is 0 Å². The van der Waals surface area contributed by atoms with Gasteiger partial charge in [-0.1, -0.05) is 0 Å². The summed E-state index contributed by atoms with van der Waals surface area (Å²) in [6, 6.07) is 0. The van der Waals surface area contributed by atoms with Crippen LogP contribution in [0.4, 0.5) is 0 Å². The van der Waals surface area contributed by atoms with Crippen molar-refractivity contribution >= 4 is 25.5 Å². The van der Waals surface area contributed by atoms with Crippen molar-refractivity contribution in [2.45, 2.75) is 18.4 Å². The summed E-state index contributed by atoms with van der Waals surface area (Å²) in [5, 5.41) is 0. The van der Waals surface area contributed by atoms with E-state index in [4.69, 9.17) is 19.2 Å². The third kappa shape index (κ3) is 783. The van der Waals surface area contributed by atoms with Crippen LogP contribution in [-0.4, -0.2) is 32.4 Å². The van der Waals surface area contributed by atoms with Crippen molar-refractivity contribution in [3.63, 3.8) is 0 Å². The molecular weight excluding hydrogens is 138 g/mol. The van der Waals surface area contributed by atoms with Crippen LogP contribution in [-0.2, 0) is 4.57 Å². The van der Waals surface area contributed by atoms with E-state index in [1.165, 1.54) is 0 Å². The predicted molar refractivity (Wildman–Crippen MR) is 35.1 cm³/mol. The Bertz CT molecular complexity index is 87.0. The van der Waals surface area contributed by atoms with E-state index in [1.807, 2.05) is 0 Å². The standard InChI is InChI=1S/C3H7.Li.H3O4P/c1-3-2;;1-5(2,3)4/h3H,1-2H3;;(H3,1,2,3,4). The van der Waals surface area contributed by atoms with Gasteiger partial charge in [0.2, 0.25) is 0 Å². The molecule has 0 radical (unpaired) electrons. The monoisotopic (exact) mass is 148 g/mol. The number of hydrogen-bond acceptors (Lipinski definition) is 1. The normalized spacial score (nSPS) is 10.7. The molecule has 6 heteroatoms. The molecule has 0 aliphatic carbocycles. The predicted octanol–water partition coefficient (Wildman–Crippen LogP) is 0.0546. The molecule has 0 aliphatic heterocycles. The third-order valence-electron chi connectivity index (χ3n) is 0. The van der Waals surface area contributed by atoms with Gasteiger partial charge < -0.3 is 14.7 Å². The summed E-state index contributed by atoms with van der Waals surface area (Å²) in [7, 11) is -4.64. The molecule has 0 heterocycles. The average molecular weight is 148 g/mol. The quantitative estimate of drug-likeness (QED) is 0.335. The molecule has 0 amide bonds. The van der Waals surface area contributed by atoms with Crippen LogP contribution < -0.4 is 0 Å². The van der Waals surface area contributed by atoms with E-state index in [1.54, 1.807) is 0 Å². The van der Waals surface area contributed by atoms with Gasteiger partial charge in [0.15, 0.2) is 0 Å². The molecular formula is C3H10LiO4P. The Morgan fingerprint density at radius 1 is 1.33 bits per heavy atom. The van der Waals surface area contributed by atoms with Crippen LogP contribution in [0.2, 0.25) is 4.59 Å². The van der Waals surface area contributed by atoms with Crippen LogP contribution in [0.25, 0.3) is 0 Å². The summed E-state index contributed by atoms with van der Waals surface area (Å²) in [5.74, 6) is 0. The Balaban J connectivity index is 0. The van der Waals surface area contributed by atoms with E-state index in [2.05, 4.69) is 31.6 Å². The molecule has 52 valence electrons. The van der Waals surface area contributed by atoms with Gasteiger partial charge in [-0.05, 0) is 0 Å². The SMILES string of the molecule is O=P(O)(O)O.[Li][CH](C)C. The first-order valence-electron chi connectivity index (χ1n) is 2.51. The summed E-state index contributed by atoms with van der Waals surface area (Å²) < 4.78 is 9.72. The molecule has 0 aliphatic rings. The summed E-state index contributed by atoms with van der Waals surface area (Å²) >= 11 is 2.17. The van der Waals surface area contributed by atoms with Crippen molar-refractivity contribution in [1.82, 2.24) is 0 Å². The number of rotatable bonds is 0. The Labute approximate surface area is 63.7 Å². The van der Waals surface area contributed by atoms with Crippen LogP contribution in [0.15, 0.2) is 0 Å². The fourth-order valence-corrected chi connectivity index (χ4v) is 0. The van der Waals surface area contributed by atoms with Crippen molar-refractivity contribution in [1.29, 1.82) is 0 Å². The zero-order chi connectivity index (χ0) is 8.08. The van der Waals surface area contributed by atoms with Gasteiger partial charge in [-0.15, -0.1) is 0 Å². The van der Waals surface area contributed by atoms with Gasteiger partial charge in [0.1, 0.15) is 0 Å². The van der Waals surface area contributed by atoms with Gasteiger partial charge >= 0.3 is 44.0 Å². The van der Waals surface area contributed by atoms with E-state index in [0.29, 0.717) is 0 Å². The molecule has 0 rings (SSSR count). The van der Waals surface area contributed by atoms with Gasteiger partial charge in [-0.2, -0.15) is 0 Å². The molecule has 0 unspecified atom stereocenters. The molecule has 0 aromatic rings. The minimum absolute atomic E-state index is 0.833. The first-order valence-corrected chi connectivity index (χ1v) is 4.08. The fourth-order valence-electron chi connectivity index (χ4n) is 0. The summed E-state index contributed by atoms with van der Waals surface area (Å²) in [5.41, 5.74) is 0. The molecule has 0 aromatic heterocycles. The zero-order valence-corrected chi connectivity index (χ0v) is 6.67. The van der Waals surface area contributed by atoms with E-state index in [9.17, 15) is 0 Å². The van der Waals surface area contributed by atoms with Crippen molar-refractivity contribution in [2.24, 2.45) is 0 Å². The zero-order valence-electron chi connectivity index (χ0n) is 5.77. The Hall–Kier alpha value is 0.707. The number of phosphoric acid groups is 1. The molecule has 0 bridgehead atoms. The molecule has 0 aromatic carbocycles. The average Bonchev–Trinajstić information content (AvgIpc) is 1.19. The van der Waals surface area contributed by atoms with Gasteiger partial charge in [-0.25, -0.2) is 4.57 Å². The maximum absolute atomic E-state index is 8.88. The second-order valence-corrected chi connectivity index (χ2v) is 3.27. The Morgan fingerprint density at radius 2 is 1.33 bits per heavy atom. The molecule has 9 heavy (non-hydrogen) atoms. The Morgan fingerprint density at radius 3 is 1.33 bits per heavy atom. The van der Waals surface area contributed by atoms with E-state index >= 15 is 0 Å². The molecule has 4 nitrogen and oxygen atoms in total. The van der Waals surface area contributed by atoms with E-state index < -0.39 is 7.82 Å². The fraction of sp³-hybridized carbons (Fsp3) is 1.00. The molecule has 3 N–H and O–H groups in total. The third-order valence-corrected chi connectivity index (χ3v) is 0. The van der Waals surface area contributed by atoms with Crippen molar-refractivity contribution in [2.75, 3.05) is 0 Å². The second kappa shape index (κ2) is 5.49. The van der Waals surface area contributed by atoms with Crippen LogP contribution >= 0.6 is 7.82 Å². The second-order valence-electron chi connectivity index (χ2n) is 2.25. The van der Waals surface area contributed by atoms with Crippen LogP contribution in [0.5, 0.6) is 0 Å². The molecule has 0 saturated heterocycles. The molecule has 0 saturated carbocycles. The topological polar surface area (TPSA) is 77.8 Å². The van der Waals surface area contributed by atoms with Gasteiger partial charge in [-0.3, -0.25) is 0 Å². The van der Waals surface area contributed by atoms with E-state index in [-0.39, 0.29) is 0 Å². The molecule has 0 spiro atoms. The minimum atomic E-state index is -4.64. The number of hydrogen-bond donors (Lipinski definition) is 3. The van der Waals surface area contributed by atoms with Crippen molar-refractivity contribution in [3.05, 3.63) is 0 Å². The van der Waals surface area contributed by atoms with E-state index in [0.717, 1.165) is 4.59 Å². The van der Waals surface area contributed by atoms with Crippen LogP contribution in [0.3, 0.4) is 0 Å². The Kier molecular flexibility index (Phi) is 7.56. The first-order chi connectivity index (χ1) is 3.73. The van der Waals surface area contributed by atoms with Crippen molar-refractivity contribution in [3.8, 4) is 0 Å². The molecule has 0 atom stereocenters. The van der Waals surface area contributed by atoms with Gasteiger partial charge in [0, 0.05) is 0 Å². The first kappa shape index (κ1) is 12.4. The van der Waals surface area contributed by atoms with Crippen LogP contribution in [0.1, 0.15) is 13.8 Å². The van der Waals surface area contributed by atoms with Crippen molar-refractivity contribution < 1.29 is 19.2 Å².